The molecule has 0 atom stereocenters. The van der Waals surface area contributed by atoms with Crippen LogP contribution in [0.4, 0.5) is 14.8 Å². The minimum absolute atomic E-state index is 0.0571. The number of carbonyl (C=O) groups excluding carboxylic acids is 2. The highest BCUT2D eigenvalue weighted by Gasteiger charge is 2.29. The number of halogens is 2. The van der Waals surface area contributed by atoms with Gasteiger partial charge in [-0.05, 0) is 59.2 Å². The fraction of sp³-hybridized carbons (Fsp3) is 0.143. The molecule has 14 heteroatoms. The van der Waals surface area contributed by atoms with Crippen molar-refractivity contribution in [2.75, 3.05) is 31.9 Å². The number of oxazole rings is 1. The van der Waals surface area contributed by atoms with Crippen molar-refractivity contribution in [1.82, 2.24) is 34.4 Å². The van der Waals surface area contributed by atoms with Crippen LogP contribution in [0.25, 0.3) is 38.6 Å². The molecule has 0 spiro atoms. The number of hydrogen-bond acceptors (Lipinski definition) is 8. The zero-order chi connectivity index (χ0) is 33.8. The number of benzene rings is 3. The van der Waals surface area contributed by atoms with Gasteiger partial charge in [-0.3, -0.25) is 18.8 Å². The molecule has 4 aromatic heterocycles. The number of anilines is 1. The van der Waals surface area contributed by atoms with Gasteiger partial charge >= 0.3 is 0 Å². The Morgan fingerprint density at radius 1 is 0.898 bits per heavy atom. The molecule has 244 valence electrons. The van der Waals surface area contributed by atoms with Gasteiger partial charge in [0.25, 0.3) is 23.4 Å². The molecule has 1 aliphatic rings. The number of nitrogens with zero attached hydrogens (tertiary/aromatic N) is 6. The second-order valence-electron chi connectivity index (χ2n) is 11.8. The molecule has 49 heavy (non-hydrogen) atoms. The Labute approximate surface area is 275 Å². The van der Waals surface area contributed by atoms with E-state index >= 15 is 4.39 Å². The Morgan fingerprint density at radius 2 is 1.63 bits per heavy atom. The summed E-state index contributed by atoms with van der Waals surface area (Å²) in [6.07, 6.45) is 3.38. The third-order valence-corrected chi connectivity index (χ3v) is 8.78. The SMILES string of the molecule is Nc1nc2cc(-c3ccc4ncc(C(=O)N5CCN(C(=O)c6cc(Cc7n[nH]c(=O)c8ccccc78)cc(F)c6F)CC5)n4c3)ccc2o1. The normalized spacial score (nSPS) is 13.5. The zero-order valence-corrected chi connectivity index (χ0v) is 25.7. The van der Waals surface area contributed by atoms with Gasteiger partial charge < -0.3 is 20.0 Å². The standard InChI is InChI=1S/C35H26F2N8O4/c36-25-14-19(15-26-22-3-1-2-4-23(22)32(46)42-41-26)13-24(31(25)37)33(47)43-9-11-44(12-10-43)34(48)28-17-39-30-8-6-21(18-45(28)30)20-5-7-29-27(16-20)40-35(38)49-29/h1-8,13-14,16-18H,9-12,15H2,(H2,38,40)(H,42,46). The summed E-state index contributed by atoms with van der Waals surface area (Å²) in [7, 11) is 0. The third-order valence-electron chi connectivity index (χ3n) is 8.78. The van der Waals surface area contributed by atoms with Crippen LogP contribution in [0.2, 0.25) is 0 Å². The molecule has 0 aliphatic carbocycles. The van der Waals surface area contributed by atoms with Crippen LogP contribution in [0.3, 0.4) is 0 Å². The summed E-state index contributed by atoms with van der Waals surface area (Å²) in [6.45, 7) is 0.591. The van der Waals surface area contributed by atoms with E-state index in [1.54, 1.807) is 39.6 Å². The highest BCUT2D eigenvalue weighted by molar-refractivity contribution is 5.96. The number of nitrogens with one attached hydrogen (secondary N) is 1. The smallest absolute Gasteiger partial charge is 0.292 e. The van der Waals surface area contributed by atoms with Gasteiger partial charge in [0.1, 0.15) is 16.9 Å². The molecule has 3 aromatic carbocycles. The van der Waals surface area contributed by atoms with Crippen molar-refractivity contribution >= 4 is 45.3 Å². The Hall–Kier alpha value is -6.44. The monoisotopic (exact) mass is 660 g/mol. The fourth-order valence-corrected chi connectivity index (χ4v) is 6.28. The maximum atomic E-state index is 15.0. The highest BCUT2D eigenvalue weighted by atomic mass is 19.2. The summed E-state index contributed by atoms with van der Waals surface area (Å²) < 4.78 is 36.9. The molecule has 8 rings (SSSR count). The van der Waals surface area contributed by atoms with Gasteiger partial charge in [0.15, 0.2) is 17.2 Å². The van der Waals surface area contributed by atoms with E-state index in [0.29, 0.717) is 44.5 Å². The molecule has 5 heterocycles. The number of hydrogen-bond donors (Lipinski definition) is 2. The van der Waals surface area contributed by atoms with Crippen molar-refractivity contribution in [3.05, 3.63) is 124 Å². The molecule has 0 unspecified atom stereocenters. The number of carbonyl (C=O) groups is 2. The average molecular weight is 661 g/mol. The second kappa shape index (κ2) is 11.7. The number of aromatic amines is 1. The first-order chi connectivity index (χ1) is 23.7. The first-order valence-electron chi connectivity index (χ1n) is 15.4. The largest absolute Gasteiger partial charge is 0.424 e. The van der Waals surface area contributed by atoms with Gasteiger partial charge in [0, 0.05) is 44.2 Å². The lowest BCUT2D eigenvalue weighted by Gasteiger charge is -2.34. The number of H-pyrrole nitrogens is 1. The number of piperazine rings is 1. The topological polar surface area (TPSA) is 156 Å². The Kier molecular flexibility index (Phi) is 7.12. The van der Waals surface area contributed by atoms with Crippen LogP contribution in [-0.2, 0) is 6.42 Å². The molecular formula is C35H26F2N8O4. The van der Waals surface area contributed by atoms with Crippen molar-refractivity contribution in [3.8, 4) is 11.1 Å². The molecule has 1 fully saturated rings. The minimum atomic E-state index is -1.25. The summed E-state index contributed by atoms with van der Waals surface area (Å²) >= 11 is 0. The van der Waals surface area contributed by atoms with E-state index in [2.05, 4.69) is 20.2 Å². The molecule has 0 radical (unpaired) electrons. The second-order valence-corrected chi connectivity index (χ2v) is 11.8. The third kappa shape index (κ3) is 5.32. The quantitative estimate of drug-likeness (QED) is 0.275. The van der Waals surface area contributed by atoms with E-state index in [4.69, 9.17) is 10.2 Å². The molecule has 1 saturated heterocycles. The summed E-state index contributed by atoms with van der Waals surface area (Å²) in [4.78, 5) is 50.9. The average Bonchev–Trinajstić information content (AvgIpc) is 3.72. The van der Waals surface area contributed by atoms with Crippen LogP contribution < -0.4 is 11.3 Å². The van der Waals surface area contributed by atoms with E-state index in [1.165, 1.54) is 17.2 Å². The van der Waals surface area contributed by atoms with Gasteiger partial charge in [0.2, 0.25) is 0 Å². The molecule has 2 amide bonds. The minimum Gasteiger partial charge on any atom is -0.424 e. The highest BCUT2D eigenvalue weighted by Crippen LogP contribution is 2.27. The van der Waals surface area contributed by atoms with Crippen molar-refractivity contribution in [1.29, 1.82) is 0 Å². The molecule has 12 nitrogen and oxygen atoms in total. The molecule has 7 aromatic rings. The molecule has 1 aliphatic heterocycles. The first-order valence-corrected chi connectivity index (χ1v) is 15.4. The maximum Gasteiger partial charge on any atom is 0.292 e. The number of imidazole rings is 1. The lowest BCUT2D eigenvalue weighted by atomic mass is 10.0. The van der Waals surface area contributed by atoms with Crippen LogP contribution in [0.5, 0.6) is 0 Å². The van der Waals surface area contributed by atoms with E-state index in [0.717, 1.165) is 17.2 Å². The van der Waals surface area contributed by atoms with E-state index in [9.17, 15) is 18.8 Å². The predicted molar refractivity (Wildman–Crippen MR) is 176 cm³/mol. The van der Waals surface area contributed by atoms with Gasteiger partial charge in [0.05, 0.1) is 22.8 Å². The number of fused-ring (bicyclic) bond motifs is 3. The lowest BCUT2D eigenvalue weighted by molar-refractivity contribution is 0.0528. The van der Waals surface area contributed by atoms with Crippen molar-refractivity contribution in [2.24, 2.45) is 0 Å². The maximum absolute atomic E-state index is 15.0. The summed E-state index contributed by atoms with van der Waals surface area (Å²) in [6, 6.07) is 18.4. The number of aromatic nitrogens is 5. The van der Waals surface area contributed by atoms with E-state index in [-0.39, 0.29) is 50.1 Å². The van der Waals surface area contributed by atoms with E-state index in [1.807, 2.05) is 30.5 Å². The molecule has 0 bridgehead atoms. The first kappa shape index (κ1) is 29.9. The van der Waals surface area contributed by atoms with Crippen LogP contribution in [0.15, 0.2) is 88.3 Å². The molecular weight excluding hydrogens is 634 g/mol. The van der Waals surface area contributed by atoms with Gasteiger partial charge in [-0.15, -0.1) is 0 Å². The van der Waals surface area contributed by atoms with Crippen molar-refractivity contribution in [3.63, 3.8) is 0 Å². The van der Waals surface area contributed by atoms with Gasteiger partial charge in [-0.2, -0.15) is 10.1 Å². The number of rotatable bonds is 5. The van der Waals surface area contributed by atoms with Crippen LogP contribution in [0.1, 0.15) is 32.1 Å². The number of nitrogen functional groups attached to an aromatic ring is 1. The lowest BCUT2D eigenvalue weighted by Crippen LogP contribution is -2.51. The fourth-order valence-electron chi connectivity index (χ4n) is 6.28. The van der Waals surface area contributed by atoms with Crippen LogP contribution in [0, 0.1) is 11.6 Å². The predicted octanol–water partition coefficient (Wildman–Crippen LogP) is 4.43. The zero-order valence-electron chi connectivity index (χ0n) is 25.7. The summed E-state index contributed by atoms with van der Waals surface area (Å²) in [5.74, 6) is -3.38. The number of pyridine rings is 1. The Bertz CT molecular complexity index is 2520. The van der Waals surface area contributed by atoms with Crippen molar-refractivity contribution in [2.45, 2.75) is 6.42 Å². The Morgan fingerprint density at radius 3 is 2.43 bits per heavy atom. The van der Waals surface area contributed by atoms with Crippen LogP contribution >= 0.6 is 0 Å². The number of nitrogens with two attached hydrogens (primary N) is 1. The molecule has 0 saturated carbocycles. The van der Waals surface area contributed by atoms with Crippen LogP contribution in [-0.4, -0.2) is 72.4 Å². The number of amides is 2. The van der Waals surface area contributed by atoms with Crippen molar-refractivity contribution < 1.29 is 22.8 Å². The van der Waals surface area contributed by atoms with Gasteiger partial charge in [-0.1, -0.05) is 24.3 Å². The van der Waals surface area contributed by atoms with E-state index < -0.39 is 23.1 Å². The summed E-state index contributed by atoms with van der Waals surface area (Å²) in [5, 5.41) is 7.53. The summed E-state index contributed by atoms with van der Waals surface area (Å²) in [5.41, 5.74) is 9.44. The molecule has 3 N–H and O–H groups in total. The van der Waals surface area contributed by atoms with Gasteiger partial charge in [-0.25, -0.2) is 18.9 Å². The Balaban J connectivity index is 0.991.